The SMILES string of the molecule is CCC(CC)c1cc(C(=O)N2CCC(n3ncc(C(=O)O)c3C)CC2)on1. The highest BCUT2D eigenvalue weighted by Crippen LogP contribution is 2.27. The predicted octanol–water partition coefficient (Wildman–Crippen LogP) is 3.26. The van der Waals surface area contributed by atoms with Crippen LogP contribution in [0.25, 0.3) is 0 Å². The number of carbonyl (C=O) groups excluding carboxylic acids is 1. The zero-order chi connectivity index (χ0) is 19.6. The third-order valence-corrected chi connectivity index (χ3v) is 5.52. The van der Waals surface area contributed by atoms with Gasteiger partial charge in [0, 0.05) is 25.1 Å². The van der Waals surface area contributed by atoms with Crippen molar-refractivity contribution < 1.29 is 19.2 Å². The smallest absolute Gasteiger partial charge is 0.339 e. The maximum absolute atomic E-state index is 12.7. The van der Waals surface area contributed by atoms with Gasteiger partial charge >= 0.3 is 5.97 Å². The molecule has 3 rings (SSSR count). The highest BCUT2D eigenvalue weighted by Gasteiger charge is 2.29. The van der Waals surface area contributed by atoms with E-state index in [2.05, 4.69) is 24.1 Å². The summed E-state index contributed by atoms with van der Waals surface area (Å²) in [5, 5.41) is 17.5. The van der Waals surface area contributed by atoms with Gasteiger partial charge in [-0.1, -0.05) is 19.0 Å². The summed E-state index contributed by atoms with van der Waals surface area (Å²) in [4.78, 5) is 25.7. The molecule has 1 aliphatic heterocycles. The Morgan fingerprint density at radius 2 is 1.96 bits per heavy atom. The highest BCUT2D eigenvalue weighted by molar-refractivity contribution is 5.91. The lowest BCUT2D eigenvalue weighted by molar-refractivity contribution is 0.0647. The standard InChI is InChI=1S/C19H26N4O4/c1-4-13(5-2)16-10-17(27-21-16)18(24)22-8-6-14(7-9-22)23-12(3)15(11-20-23)19(25)26/h10-11,13-14H,4-9H2,1-3H3,(H,25,26). The van der Waals surface area contributed by atoms with Gasteiger partial charge in [-0.05, 0) is 32.6 Å². The van der Waals surface area contributed by atoms with Crippen molar-refractivity contribution in [2.45, 2.75) is 58.4 Å². The predicted molar refractivity (Wildman–Crippen MR) is 97.9 cm³/mol. The third kappa shape index (κ3) is 3.74. The van der Waals surface area contributed by atoms with Crippen molar-refractivity contribution in [3.63, 3.8) is 0 Å². The van der Waals surface area contributed by atoms with E-state index in [9.17, 15) is 14.7 Å². The first-order valence-electron chi connectivity index (χ1n) is 9.49. The fourth-order valence-electron chi connectivity index (χ4n) is 3.76. The fourth-order valence-corrected chi connectivity index (χ4v) is 3.76. The molecule has 0 bridgehead atoms. The second-order valence-corrected chi connectivity index (χ2v) is 7.05. The second-order valence-electron chi connectivity index (χ2n) is 7.05. The Labute approximate surface area is 158 Å². The molecule has 0 atom stereocenters. The van der Waals surface area contributed by atoms with Crippen LogP contribution in [0.15, 0.2) is 16.8 Å². The van der Waals surface area contributed by atoms with E-state index < -0.39 is 5.97 Å². The summed E-state index contributed by atoms with van der Waals surface area (Å²) in [6.07, 6.45) is 4.76. The molecule has 0 radical (unpaired) electrons. The van der Waals surface area contributed by atoms with Crippen molar-refractivity contribution in [2.75, 3.05) is 13.1 Å². The summed E-state index contributed by atoms with van der Waals surface area (Å²) in [5.41, 5.74) is 1.72. The van der Waals surface area contributed by atoms with Gasteiger partial charge < -0.3 is 14.5 Å². The normalized spacial score (nSPS) is 15.5. The van der Waals surface area contributed by atoms with Gasteiger partial charge in [0.25, 0.3) is 5.91 Å². The van der Waals surface area contributed by atoms with E-state index in [1.54, 1.807) is 22.6 Å². The zero-order valence-electron chi connectivity index (χ0n) is 16.0. The molecule has 1 amide bonds. The minimum absolute atomic E-state index is 0.0944. The number of amides is 1. The highest BCUT2D eigenvalue weighted by atomic mass is 16.5. The molecule has 1 aliphatic rings. The van der Waals surface area contributed by atoms with Crippen molar-refractivity contribution >= 4 is 11.9 Å². The number of carboxylic acids is 1. The Balaban J connectivity index is 1.64. The number of aromatic nitrogens is 3. The van der Waals surface area contributed by atoms with Crippen molar-refractivity contribution in [1.82, 2.24) is 19.8 Å². The van der Waals surface area contributed by atoms with Crippen molar-refractivity contribution in [3.8, 4) is 0 Å². The van der Waals surface area contributed by atoms with Crippen LogP contribution in [0.3, 0.4) is 0 Å². The number of hydrogen-bond donors (Lipinski definition) is 1. The molecule has 2 aromatic heterocycles. The number of rotatable bonds is 6. The van der Waals surface area contributed by atoms with Crippen LogP contribution in [0.1, 0.15) is 83.8 Å². The van der Waals surface area contributed by atoms with Crippen molar-refractivity contribution in [2.24, 2.45) is 0 Å². The maximum atomic E-state index is 12.7. The third-order valence-electron chi connectivity index (χ3n) is 5.52. The Morgan fingerprint density at radius 1 is 1.30 bits per heavy atom. The first-order valence-corrected chi connectivity index (χ1v) is 9.49. The van der Waals surface area contributed by atoms with Crippen molar-refractivity contribution in [1.29, 1.82) is 0 Å². The molecule has 1 N–H and O–H groups in total. The first kappa shape index (κ1) is 19.1. The lowest BCUT2D eigenvalue weighted by atomic mass is 9.99. The minimum atomic E-state index is -0.968. The Kier molecular flexibility index (Phi) is 5.62. The summed E-state index contributed by atoms with van der Waals surface area (Å²) < 4.78 is 7.07. The van der Waals surface area contributed by atoms with Gasteiger partial charge in [0.05, 0.1) is 23.6 Å². The maximum Gasteiger partial charge on any atom is 0.339 e. The first-order chi connectivity index (χ1) is 13.0. The summed E-state index contributed by atoms with van der Waals surface area (Å²) in [6, 6.07) is 1.86. The molecule has 0 spiro atoms. The Morgan fingerprint density at radius 3 is 2.52 bits per heavy atom. The van der Waals surface area contributed by atoms with Crippen molar-refractivity contribution in [3.05, 3.63) is 35.0 Å². The van der Waals surface area contributed by atoms with Gasteiger partial charge in [-0.2, -0.15) is 5.10 Å². The van der Waals surface area contributed by atoms with Crippen LogP contribution in [0.4, 0.5) is 0 Å². The van der Waals surface area contributed by atoms with E-state index in [4.69, 9.17) is 4.52 Å². The summed E-state index contributed by atoms with van der Waals surface area (Å²) in [5.74, 6) is -0.502. The number of carboxylic acid groups (broad SMARTS) is 1. The molecule has 1 saturated heterocycles. The molecule has 27 heavy (non-hydrogen) atoms. The molecule has 8 heteroatoms. The molecule has 3 heterocycles. The van der Waals surface area contributed by atoms with Crippen LogP contribution in [-0.2, 0) is 0 Å². The average Bonchev–Trinajstić information content (AvgIpc) is 3.30. The Bertz CT molecular complexity index is 814. The fraction of sp³-hybridized carbons (Fsp3) is 0.579. The van der Waals surface area contributed by atoms with Crippen LogP contribution >= 0.6 is 0 Å². The summed E-state index contributed by atoms with van der Waals surface area (Å²) in [7, 11) is 0. The van der Waals surface area contributed by atoms with E-state index in [1.165, 1.54) is 6.20 Å². The quantitative estimate of drug-likeness (QED) is 0.833. The molecular formula is C19H26N4O4. The minimum Gasteiger partial charge on any atom is -0.478 e. The average molecular weight is 374 g/mol. The number of piperidine rings is 1. The van der Waals surface area contributed by atoms with E-state index in [-0.39, 0.29) is 17.5 Å². The van der Waals surface area contributed by atoms with Gasteiger partial charge in [0.15, 0.2) is 0 Å². The van der Waals surface area contributed by atoms with Gasteiger partial charge in [0.1, 0.15) is 5.56 Å². The lowest BCUT2D eigenvalue weighted by Crippen LogP contribution is -2.39. The van der Waals surface area contributed by atoms with E-state index in [1.807, 2.05) is 0 Å². The van der Waals surface area contributed by atoms with E-state index in [0.717, 1.165) is 31.4 Å². The van der Waals surface area contributed by atoms with Crippen LogP contribution < -0.4 is 0 Å². The summed E-state index contributed by atoms with van der Waals surface area (Å²) >= 11 is 0. The van der Waals surface area contributed by atoms with Crippen LogP contribution in [-0.4, -0.2) is 49.9 Å². The van der Waals surface area contributed by atoms with Crippen LogP contribution in [0.5, 0.6) is 0 Å². The second kappa shape index (κ2) is 7.94. The molecule has 0 unspecified atom stereocenters. The molecule has 0 saturated carbocycles. The number of likely N-dealkylation sites (tertiary alicyclic amines) is 1. The summed E-state index contributed by atoms with van der Waals surface area (Å²) in [6.45, 7) is 7.12. The van der Waals surface area contributed by atoms with Crippen LogP contribution in [0, 0.1) is 6.92 Å². The molecular weight excluding hydrogens is 348 g/mol. The van der Waals surface area contributed by atoms with E-state index in [0.29, 0.717) is 30.5 Å². The Hall–Kier alpha value is -2.64. The topological polar surface area (TPSA) is 101 Å². The molecule has 0 aliphatic carbocycles. The monoisotopic (exact) mass is 374 g/mol. The molecule has 0 aromatic carbocycles. The molecule has 146 valence electrons. The van der Waals surface area contributed by atoms with Gasteiger partial charge in [0.2, 0.25) is 5.76 Å². The van der Waals surface area contributed by atoms with Gasteiger partial charge in [-0.3, -0.25) is 9.48 Å². The zero-order valence-corrected chi connectivity index (χ0v) is 16.0. The lowest BCUT2D eigenvalue weighted by Gasteiger charge is -2.32. The number of nitrogens with zero attached hydrogens (tertiary/aromatic N) is 4. The number of carbonyl (C=O) groups is 2. The molecule has 2 aromatic rings. The molecule has 1 fully saturated rings. The van der Waals surface area contributed by atoms with Crippen LogP contribution in [0.2, 0.25) is 0 Å². The number of hydrogen-bond acceptors (Lipinski definition) is 5. The number of aromatic carboxylic acids is 1. The van der Waals surface area contributed by atoms with Gasteiger partial charge in [-0.15, -0.1) is 0 Å². The van der Waals surface area contributed by atoms with Gasteiger partial charge in [-0.25, -0.2) is 4.79 Å². The van der Waals surface area contributed by atoms with E-state index >= 15 is 0 Å². The largest absolute Gasteiger partial charge is 0.478 e. The molecule has 8 nitrogen and oxygen atoms in total.